The average molecular weight is 353 g/mol. The van der Waals surface area contributed by atoms with Gasteiger partial charge in [-0.2, -0.15) is 0 Å². The smallest absolute Gasteiger partial charge is 0.205 e. The Balaban J connectivity index is 0.00000162. The zero-order valence-corrected chi connectivity index (χ0v) is 12.6. The third-order valence-corrected chi connectivity index (χ3v) is 2.68. The molecule has 18 heavy (non-hydrogen) atoms. The SMILES string of the molecule is Cc1cc[n+](C)c(/C=C/c2ccc(O)cc2)c1.[I-]. The second-order valence-electron chi connectivity index (χ2n) is 4.16. The maximum absolute atomic E-state index is 9.19. The second-order valence-corrected chi connectivity index (χ2v) is 4.16. The van der Waals surface area contributed by atoms with Gasteiger partial charge in [-0.05, 0) is 36.3 Å². The number of nitrogens with zero attached hydrogens (tertiary/aromatic N) is 1. The Morgan fingerprint density at radius 1 is 1.06 bits per heavy atom. The van der Waals surface area contributed by atoms with Gasteiger partial charge >= 0.3 is 0 Å². The molecule has 1 aromatic carbocycles. The first-order valence-electron chi connectivity index (χ1n) is 5.58. The predicted octanol–water partition coefficient (Wildman–Crippen LogP) is -0.300. The summed E-state index contributed by atoms with van der Waals surface area (Å²) < 4.78 is 2.07. The molecule has 0 saturated heterocycles. The van der Waals surface area contributed by atoms with Crippen LogP contribution < -0.4 is 28.5 Å². The Kier molecular flexibility index (Phi) is 5.34. The Hall–Kier alpha value is -1.36. The van der Waals surface area contributed by atoms with Gasteiger partial charge in [-0.1, -0.05) is 12.1 Å². The van der Waals surface area contributed by atoms with E-state index in [4.69, 9.17) is 0 Å². The Morgan fingerprint density at radius 2 is 1.72 bits per heavy atom. The summed E-state index contributed by atoms with van der Waals surface area (Å²) in [4.78, 5) is 0. The zero-order valence-electron chi connectivity index (χ0n) is 10.5. The van der Waals surface area contributed by atoms with Gasteiger partial charge in [0.1, 0.15) is 12.8 Å². The van der Waals surface area contributed by atoms with Crippen LogP contribution in [0.1, 0.15) is 16.8 Å². The van der Waals surface area contributed by atoms with Crippen LogP contribution >= 0.6 is 0 Å². The number of aromatic nitrogens is 1. The molecule has 0 bridgehead atoms. The summed E-state index contributed by atoms with van der Waals surface area (Å²) in [5, 5.41) is 9.19. The summed E-state index contributed by atoms with van der Waals surface area (Å²) in [6.07, 6.45) is 6.15. The highest BCUT2D eigenvalue weighted by molar-refractivity contribution is 5.67. The predicted molar refractivity (Wildman–Crippen MR) is 69.4 cm³/mol. The lowest BCUT2D eigenvalue weighted by Gasteiger charge is -1.96. The van der Waals surface area contributed by atoms with Gasteiger partial charge in [0.2, 0.25) is 5.69 Å². The van der Waals surface area contributed by atoms with Crippen LogP contribution in [0.4, 0.5) is 0 Å². The van der Waals surface area contributed by atoms with Crippen molar-refractivity contribution < 1.29 is 33.7 Å². The van der Waals surface area contributed by atoms with E-state index in [1.165, 1.54) is 5.56 Å². The van der Waals surface area contributed by atoms with Crippen molar-refractivity contribution >= 4 is 12.2 Å². The van der Waals surface area contributed by atoms with Crippen molar-refractivity contribution in [3.8, 4) is 5.75 Å². The van der Waals surface area contributed by atoms with Crippen molar-refractivity contribution in [2.24, 2.45) is 7.05 Å². The van der Waals surface area contributed by atoms with Crippen LogP contribution in [0.25, 0.3) is 12.2 Å². The lowest BCUT2D eigenvalue weighted by molar-refractivity contribution is -0.673. The van der Waals surface area contributed by atoms with E-state index in [0.29, 0.717) is 5.75 Å². The van der Waals surface area contributed by atoms with E-state index >= 15 is 0 Å². The first-order valence-corrected chi connectivity index (χ1v) is 5.58. The molecule has 0 fully saturated rings. The number of aryl methyl sites for hydroxylation is 2. The molecule has 0 unspecified atom stereocenters. The molecule has 1 aromatic heterocycles. The lowest BCUT2D eigenvalue weighted by atomic mass is 10.1. The molecule has 2 aromatic rings. The van der Waals surface area contributed by atoms with Crippen molar-refractivity contribution in [3.63, 3.8) is 0 Å². The van der Waals surface area contributed by atoms with Crippen LogP contribution in [0.15, 0.2) is 42.6 Å². The molecule has 2 nitrogen and oxygen atoms in total. The molecule has 3 heteroatoms. The molecule has 2 rings (SSSR count). The topological polar surface area (TPSA) is 24.1 Å². The van der Waals surface area contributed by atoms with E-state index in [-0.39, 0.29) is 24.0 Å². The van der Waals surface area contributed by atoms with E-state index in [9.17, 15) is 5.11 Å². The first kappa shape index (κ1) is 14.7. The zero-order chi connectivity index (χ0) is 12.3. The number of phenols is 1. The molecule has 0 spiro atoms. The van der Waals surface area contributed by atoms with Gasteiger partial charge in [0.25, 0.3) is 0 Å². The lowest BCUT2D eigenvalue weighted by Crippen LogP contribution is -3.00. The van der Waals surface area contributed by atoms with Crippen LogP contribution in [-0.2, 0) is 7.05 Å². The number of benzene rings is 1. The summed E-state index contributed by atoms with van der Waals surface area (Å²) in [5.74, 6) is 0.295. The first-order chi connectivity index (χ1) is 8.15. The minimum absolute atomic E-state index is 0. The van der Waals surface area contributed by atoms with E-state index < -0.39 is 0 Å². The number of hydrogen-bond donors (Lipinski definition) is 1. The van der Waals surface area contributed by atoms with Crippen LogP contribution in [0, 0.1) is 6.92 Å². The van der Waals surface area contributed by atoms with Gasteiger partial charge in [-0.25, -0.2) is 4.57 Å². The van der Waals surface area contributed by atoms with Crippen molar-refractivity contribution in [2.75, 3.05) is 0 Å². The number of pyridine rings is 1. The Bertz CT molecular complexity index is 547. The van der Waals surface area contributed by atoms with E-state index in [1.807, 2.05) is 31.5 Å². The minimum Gasteiger partial charge on any atom is -1.00 e. The monoisotopic (exact) mass is 353 g/mol. The van der Waals surface area contributed by atoms with Gasteiger partial charge in [0.05, 0.1) is 0 Å². The quantitative estimate of drug-likeness (QED) is 0.582. The summed E-state index contributed by atoms with van der Waals surface area (Å²) in [6.45, 7) is 2.08. The van der Waals surface area contributed by atoms with Crippen molar-refractivity contribution in [1.82, 2.24) is 0 Å². The van der Waals surface area contributed by atoms with Gasteiger partial charge < -0.3 is 29.1 Å². The molecular weight excluding hydrogens is 337 g/mol. The van der Waals surface area contributed by atoms with Gasteiger partial charge in [-0.15, -0.1) is 0 Å². The molecule has 0 radical (unpaired) electrons. The summed E-state index contributed by atoms with van der Waals surface area (Å²) in [5.41, 5.74) is 3.47. The third-order valence-electron chi connectivity index (χ3n) is 2.68. The van der Waals surface area contributed by atoms with E-state index in [0.717, 1.165) is 11.3 Å². The van der Waals surface area contributed by atoms with Crippen molar-refractivity contribution in [1.29, 1.82) is 0 Å². The van der Waals surface area contributed by atoms with E-state index in [2.05, 4.69) is 29.7 Å². The number of phenolic OH excluding ortho intramolecular Hbond substituents is 1. The fraction of sp³-hybridized carbons (Fsp3) is 0.133. The molecule has 1 heterocycles. The largest absolute Gasteiger partial charge is 1.00 e. The molecule has 0 saturated carbocycles. The Morgan fingerprint density at radius 3 is 2.39 bits per heavy atom. The van der Waals surface area contributed by atoms with Crippen LogP contribution in [0.3, 0.4) is 0 Å². The number of rotatable bonds is 2. The standard InChI is InChI=1S/C15H15NO.HI/c1-12-9-10-16(2)14(11-12)6-3-13-4-7-15(17)8-5-13;/h3-11H,1-2H3;1H. The number of aromatic hydroxyl groups is 1. The molecule has 0 atom stereocenters. The second kappa shape index (κ2) is 6.54. The van der Waals surface area contributed by atoms with Gasteiger partial charge in [0.15, 0.2) is 6.20 Å². The van der Waals surface area contributed by atoms with Crippen LogP contribution in [-0.4, -0.2) is 5.11 Å². The van der Waals surface area contributed by atoms with Gasteiger partial charge in [-0.3, -0.25) is 0 Å². The van der Waals surface area contributed by atoms with Crippen molar-refractivity contribution in [2.45, 2.75) is 6.92 Å². The fourth-order valence-electron chi connectivity index (χ4n) is 1.63. The minimum atomic E-state index is 0. The molecule has 0 aliphatic heterocycles. The third kappa shape index (κ3) is 3.84. The number of hydrogen-bond acceptors (Lipinski definition) is 1. The molecular formula is C15H16INO. The van der Waals surface area contributed by atoms with Crippen molar-refractivity contribution in [3.05, 3.63) is 59.4 Å². The molecule has 0 aliphatic rings. The molecule has 0 amide bonds. The molecule has 0 aliphatic carbocycles. The maximum atomic E-state index is 9.19. The summed E-state index contributed by atoms with van der Waals surface area (Å²) in [6, 6.07) is 11.4. The molecule has 94 valence electrons. The Labute approximate surface area is 125 Å². The van der Waals surface area contributed by atoms with Crippen LogP contribution in [0.5, 0.6) is 5.75 Å². The molecule has 1 N–H and O–H groups in total. The fourth-order valence-corrected chi connectivity index (χ4v) is 1.63. The highest BCUT2D eigenvalue weighted by Gasteiger charge is 2.01. The van der Waals surface area contributed by atoms with Gasteiger partial charge in [0, 0.05) is 18.2 Å². The highest BCUT2D eigenvalue weighted by Crippen LogP contribution is 2.12. The summed E-state index contributed by atoms with van der Waals surface area (Å²) >= 11 is 0. The normalized spacial score (nSPS) is 10.3. The average Bonchev–Trinajstić information content (AvgIpc) is 2.32. The van der Waals surface area contributed by atoms with Crippen LogP contribution in [0.2, 0.25) is 0 Å². The maximum Gasteiger partial charge on any atom is 0.205 e. The van der Waals surface area contributed by atoms with E-state index in [1.54, 1.807) is 12.1 Å². The highest BCUT2D eigenvalue weighted by atomic mass is 127. The number of halogens is 1. The summed E-state index contributed by atoms with van der Waals surface area (Å²) in [7, 11) is 2.02.